The second-order valence-electron chi connectivity index (χ2n) is 3.26. The van der Waals surface area contributed by atoms with Crippen molar-refractivity contribution < 1.29 is 0 Å². The summed E-state index contributed by atoms with van der Waals surface area (Å²) >= 11 is 5.39. The zero-order valence-corrected chi connectivity index (χ0v) is 18.2. The van der Waals surface area contributed by atoms with Crippen molar-refractivity contribution in [2.24, 2.45) is 11.8 Å². The Balaban J connectivity index is -0.0000000267. The van der Waals surface area contributed by atoms with Crippen molar-refractivity contribution in [3.05, 3.63) is 0 Å². The summed E-state index contributed by atoms with van der Waals surface area (Å²) in [6, 6.07) is 0. The minimum Gasteiger partial charge on any atom is -0.116 e. The van der Waals surface area contributed by atoms with Crippen LogP contribution in [0.25, 0.3) is 0 Å². The fourth-order valence-electron chi connectivity index (χ4n) is 0. The van der Waals surface area contributed by atoms with Crippen LogP contribution in [0, 0.1) is 11.8 Å². The molecule has 0 amide bonds. The van der Waals surface area contributed by atoms with Gasteiger partial charge in [-0.3, -0.25) is 0 Å². The maximum Gasteiger partial charge on any atom is 0.118 e. The summed E-state index contributed by atoms with van der Waals surface area (Å²) in [5.74, 6) is 1.69. The van der Waals surface area contributed by atoms with E-state index >= 15 is 0 Å². The van der Waals surface area contributed by atoms with E-state index < -0.39 is 0 Å². The zero-order valence-electron chi connectivity index (χ0n) is 8.95. The Bertz CT molecular complexity index is 53.4. The molecule has 0 unspecified atom stereocenters. The quantitative estimate of drug-likeness (QED) is 0.354. The van der Waals surface area contributed by atoms with E-state index in [0.29, 0.717) is 0 Å². The number of hydrogen-bond acceptors (Lipinski definition) is 0. The molecule has 0 spiro atoms. The molecule has 0 rings (SSSR count). The lowest BCUT2D eigenvalue weighted by Crippen LogP contribution is -1.80. The number of rotatable bonds is 2. The molecule has 0 bridgehead atoms. The molecule has 0 nitrogen and oxygen atoms in total. The zero-order chi connectivity index (χ0) is 8.57. The highest BCUT2D eigenvalue weighted by atomic mass is 127. The Morgan fingerprint density at radius 2 is 0.769 bits per heavy atom. The third-order valence-electron chi connectivity index (χ3n) is 0.943. The number of halogens is 3. The smallest absolute Gasteiger partial charge is 0.116 e. The van der Waals surface area contributed by atoms with Gasteiger partial charge in [-0.1, -0.05) is 39.5 Å². The Hall–Kier alpha value is 3.25. The molecule has 0 saturated carbocycles. The summed E-state index contributed by atoms with van der Waals surface area (Å²) in [4.78, 5) is 0. The minimum absolute atomic E-state index is 0. The van der Waals surface area contributed by atoms with E-state index in [4.69, 9.17) is 0 Å². The molecule has 0 atom stereocenters. The van der Waals surface area contributed by atoms with E-state index in [1.165, 1.54) is 10.6 Å². The number of hydrogen-bond donors (Lipinski definition) is 0. The van der Waals surface area contributed by atoms with E-state index in [-0.39, 0.29) is 71.9 Å². The van der Waals surface area contributed by atoms with Gasteiger partial charge in [0.15, 0.2) is 0 Å². The van der Waals surface area contributed by atoms with Crippen molar-refractivity contribution >= 4 is 105 Å². The second kappa shape index (κ2) is 24.5. The lowest BCUT2D eigenvalue weighted by molar-refractivity contribution is 0.735. The maximum atomic E-state index is 2.69. The van der Waals surface area contributed by atoms with Crippen LogP contribution in [0.4, 0.5) is 0 Å². The van der Waals surface area contributed by atoms with Crippen molar-refractivity contribution in [2.75, 3.05) is 0 Å². The van der Waals surface area contributed by atoms with Gasteiger partial charge in [0.05, 0.1) is 0 Å². The SMILES string of the molecule is CC(C)[CH2][Al].CC(C)[CH2][Al].I.I.I. The van der Waals surface area contributed by atoms with Crippen LogP contribution in [0.15, 0.2) is 0 Å². The molecular weight excluding hydrogens is 531 g/mol. The van der Waals surface area contributed by atoms with Crippen LogP contribution < -0.4 is 0 Å². The average molecular weight is 552 g/mol. The fourth-order valence-corrected chi connectivity index (χ4v) is 0. The van der Waals surface area contributed by atoms with Gasteiger partial charge in [-0.15, -0.1) is 82.5 Å². The highest BCUT2D eigenvalue weighted by molar-refractivity contribution is 14.0. The van der Waals surface area contributed by atoms with Gasteiger partial charge in [0.2, 0.25) is 0 Å². The van der Waals surface area contributed by atoms with Crippen LogP contribution in [0.3, 0.4) is 0 Å². The Morgan fingerprint density at radius 3 is 0.769 bits per heavy atom. The van der Waals surface area contributed by atoms with Crippen LogP contribution in [0.5, 0.6) is 0 Å². The molecule has 0 aromatic heterocycles. The lowest BCUT2D eigenvalue weighted by Gasteiger charge is -1.91. The molecule has 0 aromatic carbocycles. The fraction of sp³-hybridized carbons (Fsp3) is 1.00. The van der Waals surface area contributed by atoms with Gasteiger partial charge in [-0.05, 0) is 0 Å². The molecule has 0 aliphatic carbocycles. The molecule has 0 fully saturated rings. The van der Waals surface area contributed by atoms with E-state index in [0.717, 1.165) is 11.8 Å². The highest BCUT2D eigenvalue weighted by Gasteiger charge is 1.79. The Morgan fingerprint density at radius 1 is 0.692 bits per heavy atom. The Kier molecular flexibility index (Phi) is 56.2. The first kappa shape index (κ1) is 29.9. The van der Waals surface area contributed by atoms with Crippen LogP contribution in [-0.4, -0.2) is 32.6 Å². The van der Waals surface area contributed by atoms with E-state index in [1.54, 1.807) is 0 Å². The molecule has 5 heteroatoms. The molecule has 0 aliphatic heterocycles. The summed E-state index contributed by atoms with van der Waals surface area (Å²) in [6.45, 7) is 8.81. The third-order valence-corrected chi connectivity index (χ3v) is 2.83. The van der Waals surface area contributed by atoms with Gasteiger partial charge in [-0.25, -0.2) is 0 Å². The van der Waals surface area contributed by atoms with Crippen LogP contribution in [0.1, 0.15) is 27.7 Å². The standard InChI is InChI=1S/2C4H9.2Al.3HI/c2*1-4(2)3;;;;;/h2*4H,1H2,2-3H3;;;3*1H. The monoisotopic (exact) mass is 552 g/mol. The molecule has 13 heavy (non-hydrogen) atoms. The first-order valence-electron chi connectivity index (χ1n) is 3.94. The molecule has 0 aromatic rings. The summed E-state index contributed by atoms with van der Waals surface area (Å²) in [5.41, 5.74) is 0. The maximum absolute atomic E-state index is 2.69. The van der Waals surface area contributed by atoms with Gasteiger partial charge in [0, 0.05) is 0 Å². The lowest BCUT2D eigenvalue weighted by atomic mass is 10.3. The molecule has 0 N–H and O–H groups in total. The summed E-state index contributed by atoms with van der Waals surface area (Å²) < 4.78 is 0. The largest absolute Gasteiger partial charge is 0.118 e. The van der Waals surface area contributed by atoms with Gasteiger partial charge < -0.3 is 0 Å². The van der Waals surface area contributed by atoms with Crippen molar-refractivity contribution in [3.63, 3.8) is 0 Å². The second-order valence-corrected chi connectivity index (χ2v) is 4.20. The minimum atomic E-state index is 0. The molecule has 80 valence electrons. The Labute approximate surface area is 152 Å². The van der Waals surface area contributed by atoms with E-state index in [9.17, 15) is 0 Å². The molecule has 0 saturated heterocycles. The van der Waals surface area contributed by atoms with Crippen molar-refractivity contribution in [3.8, 4) is 0 Å². The summed E-state index contributed by atoms with van der Waals surface area (Å²) in [7, 11) is 0. The molecule has 0 heterocycles. The summed E-state index contributed by atoms with van der Waals surface area (Å²) in [5, 5.41) is 2.44. The third kappa shape index (κ3) is 50.9. The van der Waals surface area contributed by atoms with Crippen LogP contribution >= 0.6 is 71.9 Å². The van der Waals surface area contributed by atoms with Gasteiger partial charge in [0.1, 0.15) is 32.6 Å². The van der Waals surface area contributed by atoms with Gasteiger partial charge in [-0.2, -0.15) is 0 Å². The van der Waals surface area contributed by atoms with E-state index in [1.807, 2.05) is 0 Å². The predicted molar refractivity (Wildman–Crippen MR) is 97.0 cm³/mol. The van der Waals surface area contributed by atoms with Gasteiger partial charge >= 0.3 is 0 Å². The first-order valence-corrected chi connectivity index (χ1v) is 5.58. The molecular formula is C8H21Al2I3. The average Bonchev–Trinajstić information content (AvgIpc) is 1.89. The normalized spacial score (nSPS) is 7.23. The highest BCUT2D eigenvalue weighted by Crippen LogP contribution is 1.92. The topological polar surface area (TPSA) is 0 Å². The van der Waals surface area contributed by atoms with Crippen molar-refractivity contribution in [1.29, 1.82) is 0 Å². The summed E-state index contributed by atoms with van der Waals surface area (Å²) in [6.07, 6.45) is 0. The van der Waals surface area contributed by atoms with Crippen molar-refractivity contribution in [2.45, 2.75) is 38.3 Å². The van der Waals surface area contributed by atoms with E-state index in [2.05, 4.69) is 60.3 Å². The van der Waals surface area contributed by atoms with Crippen LogP contribution in [0.2, 0.25) is 10.6 Å². The van der Waals surface area contributed by atoms with Gasteiger partial charge in [0.25, 0.3) is 0 Å². The molecule has 4 radical (unpaired) electrons. The molecule has 0 aliphatic rings. The first-order chi connectivity index (χ1) is 4.54. The van der Waals surface area contributed by atoms with Crippen LogP contribution in [-0.2, 0) is 0 Å². The predicted octanol–water partition coefficient (Wildman–Crippen LogP) is 4.31. The van der Waals surface area contributed by atoms with Crippen molar-refractivity contribution in [1.82, 2.24) is 0 Å².